The van der Waals surface area contributed by atoms with Crippen LogP contribution in [-0.2, 0) is 4.79 Å². The maximum Gasteiger partial charge on any atom is 0.246 e. The standard InChI is InChI=1S/C17H22N2O3/c1-13-12-18(2)7-8-19(13)17(20)6-4-14-3-5-15-16(11-14)22-10-9-21-15/h3-6,11,13H,7-10,12H2,1-2H3. The summed E-state index contributed by atoms with van der Waals surface area (Å²) >= 11 is 0. The van der Waals surface area contributed by atoms with E-state index in [0.29, 0.717) is 13.2 Å². The van der Waals surface area contributed by atoms with Crippen LogP contribution in [0.2, 0.25) is 0 Å². The van der Waals surface area contributed by atoms with Crippen LogP contribution in [0.15, 0.2) is 24.3 Å². The molecule has 1 aromatic carbocycles. The maximum absolute atomic E-state index is 12.3. The predicted molar refractivity (Wildman–Crippen MR) is 85.1 cm³/mol. The van der Waals surface area contributed by atoms with E-state index in [9.17, 15) is 4.79 Å². The SMILES string of the molecule is CC1CN(C)CCN1C(=O)C=Cc1ccc2c(c1)OCCO2. The van der Waals surface area contributed by atoms with Crippen LogP contribution in [0.25, 0.3) is 6.08 Å². The molecule has 0 saturated carbocycles. The van der Waals surface area contributed by atoms with Crippen LogP contribution in [0.1, 0.15) is 12.5 Å². The number of amides is 1. The monoisotopic (exact) mass is 302 g/mol. The van der Waals surface area contributed by atoms with Crippen LogP contribution in [0.5, 0.6) is 11.5 Å². The molecule has 0 N–H and O–H groups in total. The molecule has 1 saturated heterocycles. The van der Waals surface area contributed by atoms with E-state index in [1.165, 1.54) is 0 Å². The highest BCUT2D eigenvalue weighted by molar-refractivity contribution is 5.92. The molecule has 5 nitrogen and oxygen atoms in total. The zero-order valence-electron chi connectivity index (χ0n) is 13.1. The van der Waals surface area contributed by atoms with E-state index in [1.54, 1.807) is 6.08 Å². The molecule has 1 unspecified atom stereocenters. The van der Waals surface area contributed by atoms with Gasteiger partial charge in [0.1, 0.15) is 13.2 Å². The average Bonchev–Trinajstić information content (AvgIpc) is 2.52. The van der Waals surface area contributed by atoms with Crippen molar-refractivity contribution in [1.29, 1.82) is 0 Å². The fraction of sp³-hybridized carbons (Fsp3) is 0.471. The molecule has 1 atom stereocenters. The Morgan fingerprint density at radius 2 is 2.00 bits per heavy atom. The third kappa shape index (κ3) is 3.25. The van der Waals surface area contributed by atoms with Crippen molar-refractivity contribution in [2.45, 2.75) is 13.0 Å². The molecule has 0 spiro atoms. The van der Waals surface area contributed by atoms with Gasteiger partial charge in [0.25, 0.3) is 0 Å². The van der Waals surface area contributed by atoms with Gasteiger partial charge in [-0.25, -0.2) is 0 Å². The first-order valence-electron chi connectivity index (χ1n) is 7.70. The van der Waals surface area contributed by atoms with Crippen molar-refractivity contribution in [3.63, 3.8) is 0 Å². The number of nitrogens with zero attached hydrogens (tertiary/aromatic N) is 2. The first-order valence-corrected chi connectivity index (χ1v) is 7.70. The van der Waals surface area contributed by atoms with Crippen LogP contribution in [-0.4, -0.2) is 61.6 Å². The fourth-order valence-electron chi connectivity index (χ4n) is 2.89. The van der Waals surface area contributed by atoms with E-state index in [-0.39, 0.29) is 11.9 Å². The number of carbonyl (C=O) groups is 1. The van der Waals surface area contributed by atoms with E-state index < -0.39 is 0 Å². The van der Waals surface area contributed by atoms with Gasteiger partial charge in [0, 0.05) is 31.8 Å². The molecule has 2 heterocycles. The van der Waals surface area contributed by atoms with Crippen LogP contribution >= 0.6 is 0 Å². The molecule has 1 amide bonds. The average molecular weight is 302 g/mol. The fourth-order valence-corrected chi connectivity index (χ4v) is 2.89. The number of ether oxygens (including phenoxy) is 2. The minimum absolute atomic E-state index is 0.0653. The number of likely N-dealkylation sites (N-methyl/N-ethyl adjacent to an activating group) is 1. The third-order valence-corrected chi connectivity index (χ3v) is 4.10. The molecular formula is C17H22N2O3. The van der Waals surface area contributed by atoms with Crippen molar-refractivity contribution in [1.82, 2.24) is 9.80 Å². The van der Waals surface area contributed by atoms with Crippen LogP contribution < -0.4 is 9.47 Å². The van der Waals surface area contributed by atoms with Crippen molar-refractivity contribution in [3.8, 4) is 11.5 Å². The maximum atomic E-state index is 12.3. The summed E-state index contributed by atoms with van der Waals surface area (Å²) < 4.78 is 11.1. The normalized spacial score (nSPS) is 22.1. The number of hydrogen-bond acceptors (Lipinski definition) is 4. The summed E-state index contributed by atoms with van der Waals surface area (Å²) in [4.78, 5) is 16.5. The lowest BCUT2D eigenvalue weighted by molar-refractivity contribution is -0.130. The summed E-state index contributed by atoms with van der Waals surface area (Å²) in [5, 5.41) is 0. The minimum atomic E-state index is 0.0653. The molecule has 5 heteroatoms. The van der Waals surface area contributed by atoms with Crippen LogP contribution in [0, 0.1) is 0 Å². The number of hydrogen-bond donors (Lipinski definition) is 0. The summed E-state index contributed by atoms with van der Waals surface area (Å²) in [5.41, 5.74) is 0.944. The summed E-state index contributed by atoms with van der Waals surface area (Å²) in [6.45, 7) is 5.87. The molecule has 3 rings (SSSR count). The highest BCUT2D eigenvalue weighted by atomic mass is 16.6. The van der Waals surface area contributed by atoms with E-state index >= 15 is 0 Å². The summed E-state index contributed by atoms with van der Waals surface area (Å²) in [5.74, 6) is 1.58. The Kier molecular flexibility index (Phi) is 4.34. The molecule has 0 radical (unpaired) electrons. The van der Waals surface area contributed by atoms with Crippen LogP contribution in [0.4, 0.5) is 0 Å². The summed E-state index contributed by atoms with van der Waals surface area (Å²) in [7, 11) is 2.09. The van der Waals surface area contributed by atoms with Crippen molar-refractivity contribution >= 4 is 12.0 Å². The number of rotatable bonds is 2. The molecule has 1 fully saturated rings. The molecule has 1 aromatic rings. The molecule has 0 aromatic heterocycles. The van der Waals surface area contributed by atoms with Gasteiger partial charge < -0.3 is 19.3 Å². The Hall–Kier alpha value is -2.01. The van der Waals surface area contributed by atoms with Crippen molar-refractivity contribution < 1.29 is 14.3 Å². The highest BCUT2D eigenvalue weighted by Gasteiger charge is 2.24. The van der Waals surface area contributed by atoms with E-state index in [2.05, 4.69) is 18.9 Å². The Balaban J connectivity index is 1.67. The van der Waals surface area contributed by atoms with Crippen molar-refractivity contribution in [2.24, 2.45) is 0 Å². The topological polar surface area (TPSA) is 42.0 Å². The molecular weight excluding hydrogens is 280 g/mol. The minimum Gasteiger partial charge on any atom is -0.486 e. The van der Waals surface area contributed by atoms with Gasteiger partial charge in [0.05, 0.1) is 0 Å². The predicted octanol–water partition coefficient (Wildman–Crippen LogP) is 1.63. The van der Waals surface area contributed by atoms with E-state index in [4.69, 9.17) is 9.47 Å². The van der Waals surface area contributed by atoms with Gasteiger partial charge >= 0.3 is 0 Å². The number of fused-ring (bicyclic) bond motifs is 1. The Bertz CT molecular complexity index is 585. The lowest BCUT2D eigenvalue weighted by Crippen LogP contribution is -2.52. The zero-order chi connectivity index (χ0) is 15.5. The first kappa shape index (κ1) is 14.9. The number of piperazine rings is 1. The van der Waals surface area contributed by atoms with Crippen molar-refractivity contribution in [2.75, 3.05) is 39.9 Å². The van der Waals surface area contributed by atoms with Gasteiger partial charge in [-0.05, 0) is 37.7 Å². The van der Waals surface area contributed by atoms with Gasteiger partial charge in [0.2, 0.25) is 5.91 Å². The Labute approximate surface area is 131 Å². The Morgan fingerprint density at radius 1 is 1.23 bits per heavy atom. The molecule has 0 bridgehead atoms. The second kappa shape index (κ2) is 6.40. The second-order valence-corrected chi connectivity index (χ2v) is 5.88. The van der Waals surface area contributed by atoms with E-state index in [0.717, 1.165) is 36.7 Å². The van der Waals surface area contributed by atoms with Gasteiger partial charge in [0.15, 0.2) is 11.5 Å². The largest absolute Gasteiger partial charge is 0.486 e. The van der Waals surface area contributed by atoms with E-state index in [1.807, 2.05) is 29.2 Å². The second-order valence-electron chi connectivity index (χ2n) is 5.88. The summed E-state index contributed by atoms with van der Waals surface area (Å²) in [6.07, 6.45) is 3.48. The van der Waals surface area contributed by atoms with Gasteiger partial charge in [-0.1, -0.05) is 6.07 Å². The molecule has 0 aliphatic carbocycles. The lowest BCUT2D eigenvalue weighted by Gasteiger charge is -2.37. The van der Waals surface area contributed by atoms with Gasteiger partial charge in [-0.2, -0.15) is 0 Å². The molecule has 118 valence electrons. The quantitative estimate of drug-likeness (QED) is 0.779. The zero-order valence-corrected chi connectivity index (χ0v) is 13.1. The highest BCUT2D eigenvalue weighted by Crippen LogP contribution is 2.31. The number of benzene rings is 1. The first-order chi connectivity index (χ1) is 10.6. The Morgan fingerprint density at radius 3 is 2.77 bits per heavy atom. The third-order valence-electron chi connectivity index (χ3n) is 4.10. The molecule has 2 aliphatic rings. The van der Waals surface area contributed by atoms with Crippen molar-refractivity contribution in [3.05, 3.63) is 29.8 Å². The summed E-state index contributed by atoms with van der Waals surface area (Å²) in [6, 6.07) is 5.98. The lowest BCUT2D eigenvalue weighted by atomic mass is 10.1. The molecule has 22 heavy (non-hydrogen) atoms. The molecule has 2 aliphatic heterocycles. The van der Waals surface area contributed by atoms with Gasteiger partial charge in [-0.15, -0.1) is 0 Å². The van der Waals surface area contributed by atoms with Crippen LogP contribution in [0.3, 0.4) is 0 Å². The smallest absolute Gasteiger partial charge is 0.246 e. The number of carbonyl (C=O) groups excluding carboxylic acids is 1. The van der Waals surface area contributed by atoms with Gasteiger partial charge in [-0.3, -0.25) is 4.79 Å².